The lowest BCUT2D eigenvalue weighted by Crippen LogP contribution is -2.19. The molecule has 0 saturated heterocycles. The normalized spacial score (nSPS) is 13.7. The molecule has 29 heteroatoms. The minimum Gasteiger partial charge on any atom is -0.473 e. The minimum atomic E-state index is -1.67. The predicted octanol–water partition coefficient (Wildman–Crippen LogP) is 13.3. The second-order valence-corrected chi connectivity index (χ2v) is 23.8. The molecule has 0 aliphatic heterocycles. The van der Waals surface area contributed by atoms with Crippen molar-refractivity contribution in [3.63, 3.8) is 0 Å². The molecule has 12 rings (SSSR count). The van der Waals surface area contributed by atoms with Crippen molar-refractivity contribution in [2.75, 3.05) is 27.4 Å². The van der Waals surface area contributed by atoms with Crippen LogP contribution in [-0.4, -0.2) is 90.2 Å². The number of amides is 2. The predicted molar refractivity (Wildman–Crippen MR) is 323 cm³/mol. The number of nitrogens with one attached hydrogen (secondary N) is 2. The zero-order valence-corrected chi connectivity index (χ0v) is 51.2. The molecule has 2 saturated carbocycles. The average molecular weight is 1350 g/mol. The molecule has 95 heavy (non-hydrogen) atoms. The van der Waals surface area contributed by atoms with Gasteiger partial charge in [-0.05, 0) is 86.3 Å². The van der Waals surface area contributed by atoms with Crippen LogP contribution in [0.2, 0.25) is 10.0 Å². The third-order valence-electron chi connectivity index (χ3n) is 16.6. The Morgan fingerprint density at radius 3 is 1.28 bits per heavy atom. The Balaban J connectivity index is 0.791. The van der Waals surface area contributed by atoms with Crippen LogP contribution in [0.3, 0.4) is 0 Å². The fraction of sp³-hybridized carbons (Fsp3) is 0.242. The highest BCUT2D eigenvalue weighted by Crippen LogP contribution is 2.50. The summed E-state index contributed by atoms with van der Waals surface area (Å²) in [6.45, 7) is -2.74. The first-order valence-corrected chi connectivity index (χ1v) is 29.8. The molecule has 0 atom stereocenters. The third-order valence-corrected chi connectivity index (χ3v) is 17.3. The Labute approximate surface area is 541 Å². The number of benzene rings is 4. The highest BCUT2D eigenvalue weighted by atomic mass is 35.5. The van der Waals surface area contributed by atoms with Crippen LogP contribution in [0.15, 0.2) is 97.3 Å². The minimum absolute atomic E-state index is 0.0431. The van der Waals surface area contributed by atoms with Gasteiger partial charge in [0.15, 0.2) is 34.9 Å². The smallest absolute Gasteiger partial charge is 0.346 e. The Hall–Kier alpha value is -10.0. The third kappa shape index (κ3) is 13.0. The molecule has 2 N–H and O–H groups in total. The molecular formula is C66H48Cl2F10N10O7. The molecule has 4 aromatic carbocycles. The van der Waals surface area contributed by atoms with E-state index < -0.39 is 152 Å². The summed E-state index contributed by atoms with van der Waals surface area (Å²) in [5.74, 6) is -16.1. The lowest BCUT2D eigenvalue weighted by molar-refractivity contribution is 0.0396. The number of halogens is 12. The number of carbonyl (C=O) groups is 4. The van der Waals surface area contributed by atoms with Crippen molar-refractivity contribution in [2.45, 2.75) is 64.8 Å². The first kappa shape index (κ1) is 65.1. The largest absolute Gasteiger partial charge is 0.473 e. The fourth-order valence-electron chi connectivity index (χ4n) is 10.7. The summed E-state index contributed by atoms with van der Waals surface area (Å²) in [5, 5.41) is 5.11. The molecule has 2 aliphatic rings. The van der Waals surface area contributed by atoms with E-state index in [1.165, 1.54) is 84.2 Å². The van der Waals surface area contributed by atoms with Crippen LogP contribution in [0.5, 0.6) is 11.8 Å². The van der Waals surface area contributed by atoms with Crippen molar-refractivity contribution in [1.82, 2.24) is 49.7 Å². The number of esters is 2. The summed E-state index contributed by atoms with van der Waals surface area (Å²) >= 11 is 12.6. The van der Waals surface area contributed by atoms with E-state index in [1.807, 2.05) is 0 Å². The van der Waals surface area contributed by atoms with Gasteiger partial charge in [0.2, 0.25) is 11.8 Å². The molecule has 488 valence electrons. The van der Waals surface area contributed by atoms with Crippen molar-refractivity contribution in [2.24, 2.45) is 10.8 Å². The van der Waals surface area contributed by atoms with Crippen LogP contribution in [-0.2, 0) is 43.9 Å². The number of rotatable bonds is 22. The monoisotopic (exact) mass is 1350 g/mol. The van der Waals surface area contributed by atoms with Gasteiger partial charge in [-0.1, -0.05) is 35.3 Å². The van der Waals surface area contributed by atoms with Gasteiger partial charge in [0.1, 0.15) is 58.9 Å². The second kappa shape index (κ2) is 26.1. The quantitative estimate of drug-likeness (QED) is 0.0281. The number of alkyl halides is 2. The van der Waals surface area contributed by atoms with Crippen molar-refractivity contribution < 1.29 is 77.3 Å². The molecule has 2 amide bonds. The number of fused-ring (bicyclic) bond motifs is 2. The number of imidazole rings is 2. The zero-order chi connectivity index (χ0) is 67.4. The average Bonchev–Trinajstić information content (AvgIpc) is 1.62. The van der Waals surface area contributed by atoms with Gasteiger partial charge in [-0.25, -0.2) is 64.6 Å². The van der Waals surface area contributed by atoms with Crippen LogP contribution in [0.1, 0.15) is 101 Å². The van der Waals surface area contributed by atoms with Gasteiger partial charge in [0, 0.05) is 109 Å². The van der Waals surface area contributed by atoms with E-state index in [4.69, 9.17) is 37.4 Å². The first-order valence-electron chi connectivity index (χ1n) is 29.0. The summed E-state index contributed by atoms with van der Waals surface area (Å²) in [6, 6.07) is 15.4. The number of ether oxygens (including phenoxy) is 3. The Bertz CT molecular complexity index is 4520. The van der Waals surface area contributed by atoms with Gasteiger partial charge in [-0.2, -0.15) is 0 Å². The molecule has 6 aromatic heterocycles. The number of nitrogens with zero attached hydrogens (tertiary/aromatic N) is 8. The molecule has 0 radical (unpaired) electrons. The summed E-state index contributed by atoms with van der Waals surface area (Å²) in [4.78, 5) is 76.7. The van der Waals surface area contributed by atoms with Crippen LogP contribution in [0.25, 0.3) is 44.6 Å². The summed E-state index contributed by atoms with van der Waals surface area (Å²) in [6.07, 6.45) is 2.26. The summed E-state index contributed by atoms with van der Waals surface area (Å²) in [5.41, 5.74) is -7.38. The SMILES string of the molecule is CNC(=O)c1cc(Cl)c(COc2cccc(-c3cc(F)c(Cc4nc5c(F)cc(C(=O)OC(=O)c6cc(F)c7nc(Cc8c(F)cc(-c9cccc(OCc%10cnc(C(=O)NC)cc%10Cl)n9)c(F)c8F)n(CC8(CF)CC8)c7c6)cc5n4CC4(CF)CC4)c(F)c3F)n2)cn1. The molecule has 6 heterocycles. The standard InChI is InChI=1S/C66H48Cl2F10N10O7/c1-79-61(89)47-21-39(67)33(23-81-47)25-93-53-7-3-5-45(83-53)37-17-41(71)35(55(75)57(37)77)19-51-85-59-43(73)13-31(15-49(59)87(51)29-65(27-69)9-10-65)63(91)95-64(92)32-14-44(74)60-50(16-32)88(30-66(28-70)11-12-66)52(86-60)20-36-42(72)18-38(58(78)56(36)76)46-6-4-8-54(84-46)94-26-34-24-82-48(22-40(34)68)62(90)80-2/h3-8,13-18,21-24H,9-12,19-20,25-30H2,1-2H3,(H,79,89)(H,80,90). The lowest BCUT2D eigenvalue weighted by Gasteiger charge is -2.17. The summed E-state index contributed by atoms with van der Waals surface area (Å²) < 4.78 is 178. The van der Waals surface area contributed by atoms with E-state index in [1.54, 1.807) is 0 Å². The van der Waals surface area contributed by atoms with E-state index >= 15 is 35.1 Å². The van der Waals surface area contributed by atoms with Crippen LogP contribution in [0.4, 0.5) is 43.9 Å². The second-order valence-electron chi connectivity index (χ2n) is 23.0. The van der Waals surface area contributed by atoms with E-state index in [0.717, 1.165) is 12.1 Å². The lowest BCUT2D eigenvalue weighted by atomic mass is 10.0. The number of aromatic nitrogens is 8. The molecule has 0 bridgehead atoms. The zero-order valence-electron chi connectivity index (χ0n) is 49.7. The van der Waals surface area contributed by atoms with Gasteiger partial charge in [-0.15, -0.1) is 0 Å². The van der Waals surface area contributed by atoms with Crippen molar-refractivity contribution in [1.29, 1.82) is 0 Å². The molecule has 10 aromatic rings. The van der Waals surface area contributed by atoms with Crippen LogP contribution >= 0.6 is 23.2 Å². The molecule has 0 unspecified atom stereocenters. The fourth-order valence-corrected chi connectivity index (χ4v) is 11.1. The first-order chi connectivity index (χ1) is 45.5. The maximum Gasteiger partial charge on any atom is 0.346 e. The molecular weight excluding hydrogens is 1310 g/mol. The molecule has 17 nitrogen and oxygen atoms in total. The van der Waals surface area contributed by atoms with Gasteiger partial charge < -0.3 is 34.0 Å². The highest BCUT2D eigenvalue weighted by molar-refractivity contribution is 6.32. The van der Waals surface area contributed by atoms with E-state index in [2.05, 4.69) is 40.5 Å². The van der Waals surface area contributed by atoms with Crippen molar-refractivity contribution in [3.8, 4) is 34.3 Å². The number of hydrogen-bond donors (Lipinski definition) is 2. The van der Waals surface area contributed by atoms with E-state index in [-0.39, 0.29) is 93.6 Å². The van der Waals surface area contributed by atoms with Gasteiger partial charge in [0.25, 0.3) is 11.8 Å². The topological polar surface area (TPSA) is 207 Å². The van der Waals surface area contributed by atoms with Crippen molar-refractivity contribution in [3.05, 3.63) is 210 Å². The van der Waals surface area contributed by atoms with E-state index in [9.17, 15) is 28.0 Å². The summed E-state index contributed by atoms with van der Waals surface area (Å²) in [7, 11) is 2.83. The van der Waals surface area contributed by atoms with Gasteiger partial charge >= 0.3 is 11.9 Å². The maximum absolute atomic E-state index is 16.3. The van der Waals surface area contributed by atoms with Gasteiger partial charge in [-0.3, -0.25) is 28.3 Å². The Kier molecular flexibility index (Phi) is 17.8. The number of hydrogen-bond acceptors (Lipinski definition) is 13. The highest BCUT2D eigenvalue weighted by Gasteiger charge is 2.45. The number of pyridine rings is 4. The molecule has 2 fully saturated rings. The Morgan fingerprint density at radius 2 is 0.926 bits per heavy atom. The molecule has 0 spiro atoms. The van der Waals surface area contributed by atoms with Crippen LogP contribution < -0.4 is 20.1 Å². The van der Waals surface area contributed by atoms with E-state index in [0.29, 0.717) is 61.1 Å². The van der Waals surface area contributed by atoms with Gasteiger partial charge in [0.05, 0.1) is 56.9 Å². The van der Waals surface area contributed by atoms with Crippen LogP contribution in [0, 0.1) is 57.4 Å². The maximum atomic E-state index is 16.3. The number of carbonyl (C=O) groups excluding carboxylic acids is 4. The van der Waals surface area contributed by atoms with Crippen molar-refractivity contribution >= 4 is 69.0 Å². The molecule has 2 aliphatic carbocycles. The Morgan fingerprint density at radius 1 is 0.526 bits per heavy atom.